The maximum absolute atomic E-state index is 12.8. The first kappa shape index (κ1) is 25.7. The summed E-state index contributed by atoms with van der Waals surface area (Å²) in [6, 6.07) is 4.20. The fraction of sp³-hybridized carbons (Fsp3) is 0.640. The Labute approximate surface area is 190 Å². The van der Waals surface area contributed by atoms with Crippen LogP contribution >= 0.6 is 0 Å². The molecule has 0 saturated carbocycles. The second kappa shape index (κ2) is 12.5. The van der Waals surface area contributed by atoms with Crippen LogP contribution in [0, 0.1) is 11.8 Å². The van der Waals surface area contributed by atoms with Gasteiger partial charge in [-0.3, -0.25) is 14.4 Å². The molecule has 2 unspecified atom stereocenters. The summed E-state index contributed by atoms with van der Waals surface area (Å²) in [5.41, 5.74) is 2.98. The van der Waals surface area contributed by atoms with Gasteiger partial charge in [0.2, 0.25) is 0 Å². The van der Waals surface area contributed by atoms with Crippen LogP contribution in [0.25, 0.3) is 0 Å². The van der Waals surface area contributed by atoms with E-state index in [4.69, 9.17) is 18.9 Å². The number of fused-ring (bicyclic) bond motifs is 1. The Hall–Kier alpha value is -2.57. The first-order chi connectivity index (χ1) is 15.4. The smallest absolute Gasteiger partial charge is 0.320 e. The van der Waals surface area contributed by atoms with E-state index in [9.17, 15) is 14.4 Å². The lowest BCUT2D eigenvalue weighted by atomic mass is 9.72. The monoisotopic (exact) mass is 448 g/mol. The molecule has 1 aliphatic rings. The number of ether oxygens (including phenoxy) is 4. The van der Waals surface area contributed by atoms with E-state index >= 15 is 0 Å². The van der Waals surface area contributed by atoms with Crippen molar-refractivity contribution in [1.29, 1.82) is 0 Å². The summed E-state index contributed by atoms with van der Waals surface area (Å²) < 4.78 is 21.0. The lowest BCUT2D eigenvalue weighted by Crippen LogP contribution is -2.41. The van der Waals surface area contributed by atoms with Gasteiger partial charge in [0.25, 0.3) is 0 Å². The van der Waals surface area contributed by atoms with Crippen molar-refractivity contribution in [3.05, 3.63) is 28.8 Å². The number of unbranched alkanes of at least 4 members (excludes halogenated alkanes) is 2. The van der Waals surface area contributed by atoms with Crippen LogP contribution in [0.4, 0.5) is 0 Å². The molecule has 2 rings (SSSR count). The number of aryl methyl sites for hydroxylation is 2. The highest BCUT2D eigenvalue weighted by atomic mass is 16.5. The first-order valence-corrected chi connectivity index (χ1v) is 11.4. The van der Waals surface area contributed by atoms with Gasteiger partial charge >= 0.3 is 17.9 Å². The van der Waals surface area contributed by atoms with Gasteiger partial charge in [-0.25, -0.2) is 0 Å². The molecule has 1 aliphatic heterocycles. The van der Waals surface area contributed by atoms with Crippen molar-refractivity contribution < 1.29 is 33.3 Å². The van der Waals surface area contributed by atoms with E-state index in [1.165, 1.54) is 21.3 Å². The molecule has 2 atom stereocenters. The number of benzene rings is 1. The van der Waals surface area contributed by atoms with Crippen LogP contribution in [0.15, 0.2) is 12.1 Å². The Balaban J connectivity index is 2.67. The summed E-state index contributed by atoms with van der Waals surface area (Å²) in [5.74, 6) is -3.31. The van der Waals surface area contributed by atoms with Crippen LogP contribution < -0.4 is 4.74 Å². The Morgan fingerprint density at radius 1 is 0.969 bits per heavy atom. The largest absolute Gasteiger partial charge is 0.493 e. The maximum atomic E-state index is 12.8. The molecule has 0 spiro atoms. The van der Waals surface area contributed by atoms with Gasteiger partial charge < -0.3 is 18.9 Å². The summed E-state index contributed by atoms with van der Waals surface area (Å²) >= 11 is 0. The molecule has 1 aromatic rings. The Morgan fingerprint density at radius 3 is 2.16 bits per heavy atom. The van der Waals surface area contributed by atoms with Crippen LogP contribution in [0.1, 0.15) is 68.6 Å². The van der Waals surface area contributed by atoms with Gasteiger partial charge in [-0.1, -0.05) is 38.8 Å². The van der Waals surface area contributed by atoms with E-state index < -0.39 is 35.7 Å². The van der Waals surface area contributed by atoms with E-state index in [2.05, 4.69) is 19.9 Å². The predicted octanol–water partition coefficient (Wildman–Crippen LogP) is 3.99. The van der Waals surface area contributed by atoms with Gasteiger partial charge in [0.1, 0.15) is 5.75 Å². The summed E-state index contributed by atoms with van der Waals surface area (Å²) in [5, 5.41) is 0. The molecular weight excluding hydrogens is 412 g/mol. The molecule has 0 saturated heterocycles. The number of methoxy groups -OCH3 is 3. The van der Waals surface area contributed by atoms with Crippen LogP contribution in [-0.2, 0) is 41.4 Å². The average Bonchev–Trinajstić information content (AvgIpc) is 2.81. The van der Waals surface area contributed by atoms with Gasteiger partial charge in [-0.05, 0) is 42.4 Å². The number of esters is 3. The average molecular weight is 449 g/mol. The van der Waals surface area contributed by atoms with Crippen molar-refractivity contribution in [3.8, 4) is 5.75 Å². The molecule has 178 valence electrons. The lowest BCUT2D eigenvalue weighted by Gasteiger charge is -2.37. The maximum Gasteiger partial charge on any atom is 0.320 e. The quantitative estimate of drug-likeness (QED) is 0.287. The normalized spacial score (nSPS) is 17.3. The summed E-state index contributed by atoms with van der Waals surface area (Å²) in [7, 11) is 3.81. The van der Waals surface area contributed by atoms with Gasteiger partial charge in [0, 0.05) is 11.8 Å². The minimum atomic E-state index is -1.19. The minimum absolute atomic E-state index is 0.0224. The van der Waals surface area contributed by atoms with Crippen LogP contribution in [0.3, 0.4) is 0 Å². The lowest BCUT2D eigenvalue weighted by molar-refractivity contribution is -0.162. The fourth-order valence-electron chi connectivity index (χ4n) is 4.41. The molecule has 1 heterocycles. The van der Waals surface area contributed by atoms with Crippen LogP contribution in [0.5, 0.6) is 5.75 Å². The van der Waals surface area contributed by atoms with Crippen molar-refractivity contribution in [2.24, 2.45) is 11.8 Å². The topological polar surface area (TPSA) is 88.1 Å². The SMILES string of the molecule is CCCCc1cc(CCCC)c2c(c1)C(C(C(=O)OC)C(=O)OC)C(CC(=O)OC)CO2. The van der Waals surface area contributed by atoms with Crippen molar-refractivity contribution >= 4 is 17.9 Å². The van der Waals surface area contributed by atoms with Gasteiger partial charge in [-0.15, -0.1) is 0 Å². The summed E-state index contributed by atoms with van der Waals surface area (Å²) in [4.78, 5) is 37.7. The third-order valence-corrected chi connectivity index (χ3v) is 6.11. The second-order valence-electron chi connectivity index (χ2n) is 8.28. The van der Waals surface area contributed by atoms with Crippen molar-refractivity contribution in [1.82, 2.24) is 0 Å². The van der Waals surface area contributed by atoms with Crippen molar-refractivity contribution in [3.63, 3.8) is 0 Å². The summed E-state index contributed by atoms with van der Waals surface area (Å²) in [6.07, 6.45) is 5.87. The molecule has 0 aromatic heterocycles. The van der Waals surface area contributed by atoms with Gasteiger partial charge in [0.05, 0.1) is 34.4 Å². The molecular formula is C25H36O7. The van der Waals surface area contributed by atoms with Gasteiger partial charge in [-0.2, -0.15) is 0 Å². The zero-order valence-electron chi connectivity index (χ0n) is 19.9. The summed E-state index contributed by atoms with van der Waals surface area (Å²) in [6.45, 7) is 4.47. The Kier molecular flexibility index (Phi) is 10.0. The fourth-order valence-corrected chi connectivity index (χ4v) is 4.41. The first-order valence-electron chi connectivity index (χ1n) is 11.4. The molecule has 7 nitrogen and oxygen atoms in total. The Morgan fingerprint density at radius 2 is 1.59 bits per heavy atom. The van der Waals surface area contributed by atoms with Gasteiger partial charge in [0.15, 0.2) is 5.92 Å². The molecule has 0 N–H and O–H groups in total. The second-order valence-corrected chi connectivity index (χ2v) is 8.28. The number of hydrogen-bond acceptors (Lipinski definition) is 7. The highest BCUT2D eigenvalue weighted by Crippen LogP contribution is 2.46. The Bertz CT molecular complexity index is 786. The minimum Gasteiger partial charge on any atom is -0.493 e. The highest BCUT2D eigenvalue weighted by molar-refractivity contribution is 5.96. The predicted molar refractivity (Wildman–Crippen MR) is 120 cm³/mol. The van der Waals surface area contributed by atoms with Crippen molar-refractivity contribution in [2.75, 3.05) is 27.9 Å². The standard InChI is InChI=1S/C25H36O7/c1-6-8-10-16-12-17(11-9-7-2)23-19(13-16)21(18(15-32-23)14-20(26)29-3)22(24(27)30-4)25(28)31-5/h12-13,18,21-22H,6-11,14-15H2,1-5H3. The number of carbonyl (C=O) groups excluding carboxylic acids is 3. The van der Waals surface area contributed by atoms with Crippen molar-refractivity contribution in [2.45, 2.75) is 64.7 Å². The molecule has 7 heteroatoms. The third-order valence-electron chi connectivity index (χ3n) is 6.11. The van der Waals surface area contributed by atoms with E-state index in [1.54, 1.807) is 0 Å². The molecule has 0 aliphatic carbocycles. The van der Waals surface area contributed by atoms with E-state index in [0.717, 1.165) is 55.2 Å². The number of rotatable bonds is 11. The number of hydrogen-bond donors (Lipinski definition) is 0. The molecule has 0 bridgehead atoms. The van der Waals surface area contributed by atoms with E-state index in [1.807, 2.05) is 6.07 Å². The van der Waals surface area contributed by atoms with Crippen LogP contribution in [0.2, 0.25) is 0 Å². The van der Waals surface area contributed by atoms with Crippen LogP contribution in [-0.4, -0.2) is 45.8 Å². The molecule has 1 aromatic carbocycles. The number of carbonyl (C=O) groups is 3. The van der Waals surface area contributed by atoms with E-state index in [-0.39, 0.29) is 13.0 Å². The molecule has 32 heavy (non-hydrogen) atoms. The highest BCUT2D eigenvalue weighted by Gasteiger charge is 2.46. The van der Waals surface area contributed by atoms with E-state index in [0.29, 0.717) is 5.75 Å². The zero-order valence-corrected chi connectivity index (χ0v) is 19.9. The molecule has 0 radical (unpaired) electrons. The zero-order chi connectivity index (χ0) is 23.7. The molecule has 0 amide bonds. The third kappa shape index (κ3) is 6.02. The molecule has 0 fully saturated rings.